The summed E-state index contributed by atoms with van der Waals surface area (Å²) in [4.78, 5) is 12.0. The summed E-state index contributed by atoms with van der Waals surface area (Å²) in [6.07, 6.45) is 2.81. The minimum absolute atomic E-state index is 0.157. The third-order valence-corrected chi connectivity index (χ3v) is 3.67. The highest BCUT2D eigenvalue weighted by Gasteiger charge is 2.23. The number of carbonyl (C=O) groups excluding carboxylic acids is 1. The van der Waals surface area contributed by atoms with Crippen LogP contribution in [0.15, 0.2) is 41.6 Å². The molecule has 0 aromatic heterocycles. The molecule has 2 rings (SSSR count). The minimum atomic E-state index is -0.157. The zero-order chi connectivity index (χ0) is 14.4. The van der Waals surface area contributed by atoms with Crippen LogP contribution in [-0.4, -0.2) is 12.6 Å². The second-order valence-corrected chi connectivity index (χ2v) is 5.36. The quantitative estimate of drug-likeness (QED) is 0.835. The summed E-state index contributed by atoms with van der Waals surface area (Å²) in [6.45, 7) is 5.27. The standard InChI is InChI=1S/C17H23NO2/c1-3-20-17(19)15-10-9-13(2)11-16(15)18-12-14-7-5-4-6-8-14/h4-8,13,18H,3,9-12H2,1-2H3. The van der Waals surface area contributed by atoms with Crippen molar-refractivity contribution in [3.63, 3.8) is 0 Å². The molecule has 1 aromatic carbocycles. The summed E-state index contributed by atoms with van der Waals surface area (Å²) in [5.74, 6) is 0.460. The van der Waals surface area contributed by atoms with Gasteiger partial charge in [0.15, 0.2) is 0 Å². The Morgan fingerprint density at radius 1 is 1.35 bits per heavy atom. The van der Waals surface area contributed by atoms with E-state index in [1.165, 1.54) is 5.56 Å². The summed E-state index contributed by atoms with van der Waals surface area (Å²) < 4.78 is 5.16. The van der Waals surface area contributed by atoms with Gasteiger partial charge in [-0.15, -0.1) is 0 Å². The second-order valence-electron chi connectivity index (χ2n) is 5.36. The van der Waals surface area contributed by atoms with E-state index in [0.29, 0.717) is 12.5 Å². The maximum Gasteiger partial charge on any atom is 0.335 e. The molecule has 1 unspecified atom stereocenters. The van der Waals surface area contributed by atoms with E-state index in [1.54, 1.807) is 0 Å². The van der Waals surface area contributed by atoms with Gasteiger partial charge < -0.3 is 10.1 Å². The highest BCUT2D eigenvalue weighted by atomic mass is 16.5. The Balaban J connectivity index is 2.08. The molecule has 0 bridgehead atoms. The zero-order valence-electron chi connectivity index (χ0n) is 12.3. The van der Waals surface area contributed by atoms with Gasteiger partial charge >= 0.3 is 5.97 Å². The first-order chi connectivity index (χ1) is 9.70. The fourth-order valence-corrected chi connectivity index (χ4v) is 2.54. The highest BCUT2D eigenvalue weighted by Crippen LogP contribution is 2.28. The first-order valence-corrected chi connectivity index (χ1v) is 7.37. The van der Waals surface area contributed by atoms with Crippen LogP contribution in [0.25, 0.3) is 0 Å². The molecule has 3 heteroatoms. The van der Waals surface area contributed by atoms with Gasteiger partial charge in [0.25, 0.3) is 0 Å². The van der Waals surface area contributed by atoms with Gasteiger partial charge in [-0.3, -0.25) is 0 Å². The Morgan fingerprint density at radius 3 is 2.80 bits per heavy atom. The lowest BCUT2D eigenvalue weighted by atomic mass is 9.88. The van der Waals surface area contributed by atoms with Crippen molar-refractivity contribution in [2.45, 2.75) is 39.7 Å². The minimum Gasteiger partial charge on any atom is -0.463 e. The lowest BCUT2D eigenvalue weighted by Gasteiger charge is -2.25. The summed E-state index contributed by atoms with van der Waals surface area (Å²) in [5.41, 5.74) is 3.12. The molecule has 0 saturated carbocycles. The smallest absolute Gasteiger partial charge is 0.335 e. The Kier molecular flexibility index (Phi) is 5.22. The Labute approximate surface area is 121 Å². The molecule has 0 radical (unpaired) electrons. The van der Waals surface area contributed by atoms with Gasteiger partial charge in [0.05, 0.1) is 12.2 Å². The maximum atomic E-state index is 12.0. The molecule has 0 fully saturated rings. The molecule has 0 spiro atoms. The lowest BCUT2D eigenvalue weighted by Crippen LogP contribution is -2.25. The first-order valence-electron chi connectivity index (χ1n) is 7.37. The molecular formula is C17H23NO2. The van der Waals surface area contributed by atoms with Gasteiger partial charge in [0, 0.05) is 12.2 Å². The van der Waals surface area contributed by atoms with E-state index >= 15 is 0 Å². The number of hydrogen-bond acceptors (Lipinski definition) is 3. The van der Waals surface area contributed by atoms with Crippen LogP contribution in [0.5, 0.6) is 0 Å². The van der Waals surface area contributed by atoms with Crippen LogP contribution in [0.3, 0.4) is 0 Å². The van der Waals surface area contributed by atoms with E-state index in [0.717, 1.165) is 37.1 Å². The van der Waals surface area contributed by atoms with Gasteiger partial charge in [-0.05, 0) is 37.7 Å². The summed E-state index contributed by atoms with van der Waals surface area (Å²) >= 11 is 0. The number of hydrogen-bond donors (Lipinski definition) is 1. The van der Waals surface area contributed by atoms with Crippen LogP contribution >= 0.6 is 0 Å². The molecule has 1 atom stereocenters. The number of nitrogens with one attached hydrogen (secondary N) is 1. The van der Waals surface area contributed by atoms with Crippen molar-refractivity contribution < 1.29 is 9.53 Å². The molecule has 0 heterocycles. The monoisotopic (exact) mass is 273 g/mol. The number of rotatable bonds is 5. The van der Waals surface area contributed by atoms with E-state index < -0.39 is 0 Å². The molecule has 1 N–H and O–H groups in total. The van der Waals surface area contributed by atoms with Gasteiger partial charge in [0.2, 0.25) is 0 Å². The SMILES string of the molecule is CCOC(=O)C1=C(NCc2ccccc2)CC(C)CC1. The third kappa shape index (κ3) is 3.86. The molecule has 3 nitrogen and oxygen atoms in total. The van der Waals surface area contributed by atoms with E-state index in [9.17, 15) is 4.79 Å². The van der Waals surface area contributed by atoms with Crippen molar-refractivity contribution in [1.82, 2.24) is 5.32 Å². The molecule has 1 aliphatic rings. The topological polar surface area (TPSA) is 38.3 Å². The molecule has 1 aromatic rings. The molecule has 108 valence electrons. The fourth-order valence-electron chi connectivity index (χ4n) is 2.54. The molecular weight excluding hydrogens is 250 g/mol. The molecule has 0 saturated heterocycles. The van der Waals surface area contributed by atoms with Gasteiger partial charge in [0.1, 0.15) is 0 Å². The van der Waals surface area contributed by atoms with E-state index in [4.69, 9.17) is 4.74 Å². The van der Waals surface area contributed by atoms with Gasteiger partial charge in [-0.2, -0.15) is 0 Å². The highest BCUT2D eigenvalue weighted by molar-refractivity contribution is 5.89. The predicted molar refractivity (Wildman–Crippen MR) is 80.0 cm³/mol. The van der Waals surface area contributed by atoms with Crippen molar-refractivity contribution in [3.8, 4) is 0 Å². The molecule has 20 heavy (non-hydrogen) atoms. The molecule has 1 aliphatic carbocycles. The van der Waals surface area contributed by atoms with Crippen molar-refractivity contribution >= 4 is 5.97 Å². The number of allylic oxidation sites excluding steroid dienone is 1. The Morgan fingerprint density at radius 2 is 2.10 bits per heavy atom. The summed E-state index contributed by atoms with van der Waals surface area (Å²) in [6, 6.07) is 10.2. The van der Waals surface area contributed by atoms with Crippen LogP contribution in [0.2, 0.25) is 0 Å². The van der Waals surface area contributed by atoms with Crippen LogP contribution in [0.4, 0.5) is 0 Å². The first kappa shape index (κ1) is 14.6. The normalized spacial score (nSPS) is 18.8. The second kappa shape index (κ2) is 7.13. The van der Waals surface area contributed by atoms with E-state index in [2.05, 4.69) is 24.4 Å². The van der Waals surface area contributed by atoms with Crippen LogP contribution in [-0.2, 0) is 16.1 Å². The van der Waals surface area contributed by atoms with Gasteiger partial charge in [-0.1, -0.05) is 37.3 Å². The summed E-state index contributed by atoms with van der Waals surface area (Å²) in [5, 5.41) is 3.44. The van der Waals surface area contributed by atoms with Crippen molar-refractivity contribution in [1.29, 1.82) is 0 Å². The zero-order valence-corrected chi connectivity index (χ0v) is 12.3. The van der Waals surface area contributed by atoms with Gasteiger partial charge in [-0.25, -0.2) is 4.79 Å². The average Bonchev–Trinajstić information content (AvgIpc) is 2.46. The van der Waals surface area contributed by atoms with Crippen LogP contribution < -0.4 is 5.32 Å². The van der Waals surface area contributed by atoms with Crippen molar-refractivity contribution in [3.05, 3.63) is 47.2 Å². The number of carbonyl (C=O) groups is 1. The predicted octanol–water partition coefficient (Wildman–Crippen LogP) is 3.41. The Bertz CT molecular complexity index is 479. The van der Waals surface area contributed by atoms with Crippen molar-refractivity contribution in [2.75, 3.05) is 6.61 Å². The largest absolute Gasteiger partial charge is 0.463 e. The Hall–Kier alpha value is -1.77. The van der Waals surface area contributed by atoms with Crippen LogP contribution in [0.1, 0.15) is 38.7 Å². The summed E-state index contributed by atoms with van der Waals surface area (Å²) in [7, 11) is 0. The van der Waals surface area contributed by atoms with E-state index in [-0.39, 0.29) is 5.97 Å². The number of esters is 1. The number of benzene rings is 1. The molecule has 0 aliphatic heterocycles. The molecule has 0 amide bonds. The van der Waals surface area contributed by atoms with E-state index in [1.807, 2.05) is 25.1 Å². The average molecular weight is 273 g/mol. The fraction of sp³-hybridized carbons (Fsp3) is 0.471. The van der Waals surface area contributed by atoms with Crippen LogP contribution in [0, 0.1) is 5.92 Å². The maximum absolute atomic E-state index is 12.0. The van der Waals surface area contributed by atoms with Crippen molar-refractivity contribution in [2.24, 2.45) is 5.92 Å². The number of ether oxygens (including phenoxy) is 1. The lowest BCUT2D eigenvalue weighted by molar-refractivity contribution is -0.138. The third-order valence-electron chi connectivity index (χ3n) is 3.67.